The van der Waals surface area contributed by atoms with Crippen molar-refractivity contribution in [3.05, 3.63) is 148 Å². The highest BCUT2D eigenvalue weighted by atomic mass is 32.7. The number of ether oxygens (including phenoxy) is 5. The van der Waals surface area contributed by atoms with Gasteiger partial charge in [-0.3, -0.25) is 33.9 Å². The van der Waals surface area contributed by atoms with Gasteiger partial charge in [0.15, 0.2) is 24.9 Å². The van der Waals surface area contributed by atoms with Crippen molar-refractivity contribution in [2.45, 2.75) is 56.3 Å². The Morgan fingerprint density at radius 2 is 1.52 bits per heavy atom. The van der Waals surface area contributed by atoms with Gasteiger partial charge in [0.1, 0.15) is 34.9 Å². The molecule has 2 aromatic heterocycles. The first kappa shape index (κ1) is 47.0. The van der Waals surface area contributed by atoms with E-state index in [-0.39, 0.29) is 47.3 Å². The maximum absolute atomic E-state index is 13.4. The van der Waals surface area contributed by atoms with Crippen LogP contribution in [0.15, 0.2) is 120 Å². The maximum Gasteiger partial charge on any atom is 0.280 e. The number of thioether (sulfide) groups is 1. The number of methoxy groups -OCH3 is 2. The number of carbonyl (C=O) groups is 2. The van der Waals surface area contributed by atoms with Gasteiger partial charge in [0.25, 0.3) is 5.56 Å². The van der Waals surface area contributed by atoms with Crippen molar-refractivity contribution in [2.75, 3.05) is 57.3 Å². The zero-order valence-corrected chi connectivity index (χ0v) is 40.2. The van der Waals surface area contributed by atoms with Gasteiger partial charge in [-0.1, -0.05) is 122 Å². The second-order valence-corrected chi connectivity index (χ2v) is 21.5. The second-order valence-electron chi connectivity index (χ2n) is 16.8. The highest BCUT2D eigenvalue weighted by Gasteiger charge is 2.65. The highest BCUT2D eigenvalue weighted by Crippen LogP contribution is 2.61. The molecular weight excluding hydrogens is 912 g/mol. The Hall–Kier alpha value is -5.10. The van der Waals surface area contributed by atoms with Crippen molar-refractivity contribution in [1.82, 2.24) is 24.2 Å². The third-order valence-corrected chi connectivity index (χ3v) is 17.4. The molecule has 5 atom stereocenters. The Labute approximate surface area is 398 Å². The van der Waals surface area contributed by atoms with E-state index in [2.05, 4.69) is 24.9 Å². The van der Waals surface area contributed by atoms with Crippen LogP contribution >= 0.6 is 30.6 Å². The summed E-state index contributed by atoms with van der Waals surface area (Å²) in [7, 11) is 1.99. The number of imidazole rings is 1. The zero-order valence-electron chi connectivity index (χ0n) is 37.7. The van der Waals surface area contributed by atoms with E-state index in [1.54, 1.807) is 44.0 Å². The zero-order chi connectivity index (χ0) is 46.5. The molecule has 18 heteroatoms. The fraction of sp³-hybridized carbons (Fsp3) is 0.367. The number of hydrogen-bond acceptors (Lipinski definition) is 14. The predicted octanol–water partition coefficient (Wildman–Crippen LogP) is 8.42. The molecule has 0 saturated carbocycles. The summed E-state index contributed by atoms with van der Waals surface area (Å²) >= 11 is 3.02. The average Bonchev–Trinajstić information content (AvgIpc) is 4.18. The van der Waals surface area contributed by atoms with Crippen molar-refractivity contribution < 1.29 is 37.8 Å². The number of aromatic nitrogens is 4. The van der Waals surface area contributed by atoms with Gasteiger partial charge in [-0.2, -0.15) is 4.98 Å². The summed E-state index contributed by atoms with van der Waals surface area (Å²) in [5, 5.41) is 2.75. The summed E-state index contributed by atoms with van der Waals surface area (Å²) in [5.74, 6) is 2.02. The molecule has 3 saturated heterocycles. The average molecular weight is 965 g/mol. The molecule has 2 N–H and O–H groups in total. The molecule has 2 bridgehead atoms. The molecule has 1 amide bonds. The topological polar surface area (TPSA) is 168 Å². The standard InChI is InChI=1S/C49H53N6O9PS2/c1-32(2)43(56)52-47-51-42-39(44(57)53-47)50-31-55(42)45-40-41(64-65(54-25-11-12-26-54)67-28-27-66-46(58)33-13-7-5-8-14-33)48(63-45,29-61-40)30-62-49(34-15-9-6-10-16-34,35-17-21-37(59-3)22-18-35)36-19-23-38(60-4)24-20-36/h5-10,13-24,31-32,40-41,45H,11-12,25-30H2,1-4H3,(H2,51,52,53,56,57)/t40?,41-,45-,48-,65?/m1/s1. The molecule has 3 aliphatic rings. The van der Waals surface area contributed by atoms with Crippen LogP contribution in [-0.4, -0.2) is 105 Å². The van der Waals surface area contributed by atoms with Crippen LogP contribution in [-0.2, 0) is 29.1 Å². The Balaban J connectivity index is 1.10. The highest BCUT2D eigenvalue weighted by molar-refractivity contribution is 8.53. The number of fused-ring (bicyclic) bond motifs is 3. The summed E-state index contributed by atoms with van der Waals surface area (Å²) in [6.45, 7) is 5.40. The molecule has 6 aromatic rings. The Bertz CT molecular complexity index is 2660. The largest absolute Gasteiger partial charge is 0.497 e. The van der Waals surface area contributed by atoms with E-state index < -0.39 is 42.7 Å². The Morgan fingerprint density at radius 1 is 0.896 bits per heavy atom. The smallest absolute Gasteiger partial charge is 0.280 e. The van der Waals surface area contributed by atoms with Crippen LogP contribution in [0.2, 0.25) is 0 Å². The number of anilines is 1. The van der Waals surface area contributed by atoms with Crippen LogP contribution in [0.3, 0.4) is 0 Å². The normalized spacial score (nSPS) is 20.9. The van der Waals surface area contributed by atoms with Crippen LogP contribution in [0.5, 0.6) is 11.5 Å². The first-order chi connectivity index (χ1) is 32.6. The summed E-state index contributed by atoms with van der Waals surface area (Å²) in [6, 6.07) is 35.1. The third kappa shape index (κ3) is 9.66. The van der Waals surface area contributed by atoms with E-state index >= 15 is 0 Å². The van der Waals surface area contributed by atoms with Gasteiger partial charge in [0.05, 0.1) is 33.8 Å². The van der Waals surface area contributed by atoms with E-state index in [0.29, 0.717) is 28.6 Å². The number of aromatic amines is 1. The van der Waals surface area contributed by atoms with E-state index in [4.69, 9.17) is 28.2 Å². The molecule has 9 rings (SSSR count). The lowest BCUT2D eigenvalue weighted by Gasteiger charge is -2.40. The Kier molecular flexibility index (Phi) is 14.5. The molecule has 3 aliphatic heterocycles. The molecule has 350 valence electrons. The van der Waals surface area contributed by atoms with Crippen LogP contribution in [0.4, 0.5) is 5.95 Å². The number of nitrogens with one attached hydrogen (secondary N) is 2. The molecule has 4 aromatic carbocycles. The van der Waals surface area contributed by atoms with E-state index in [1.165, 1.54) is 18.1 Å². The summed E-state index contributed by atoms with van der Waals surface area (Å²) < 4.78 is 44.2. The first-order valence-electron chi connectivity index (χ1n) is 22.2. The van der Waals surface area contributed by atoms with Gasteiger partial charge in [0, 0.05) is 36.1 Å². The SMILES string of the molecule is COc1ccc(C(OC[C@@]23COC([C@H](n4cnc5c(=O)[nH]c(NC(=O)C(C)C)nc54)O2)[C@H]3OP(SCCSC(=O)c2ccccc2)N2CCCC2)(c2ccccc2)c2ccc(OC)cc2)cc1. The van der Waals surface area contributed by atoms with Gasteiger partial charge in [-0.15, -0.1) is 0 Å². The van der Waals surface area contributed by atoms with Crippen LogP contribution in [0.25, 0.3) is 11.2 Å². The first-order valence-corrected chi connectivity index (χ1v) is 26.0. The monoisotopic (exact) mass is 964 g/mol. The van der Waals surface area contributed by atoms with Gasteiger partial charge < -0.3 is 28.2 Å². The van der Waals surface area contributed by atoms with E-state index in [9.17, 15) is 14.4 Å². The molecule has 0 aliphatic carbocycles. The number of carbonyl (C=O) groups excluding carboxylic acids is 2. The minimum Gasteiger partial charge on any atom is -0.497 e. The third-order valence-electron chi connectivity index (χ3n) is 12.2. The van der Waals surface area contributed by atoms with Crippen molar-refractivity contribution >= 4 is 58.8 Å². The maximum atomic E-state index is 13.4. The van der Waals surface area contributed by atoms with E-state index in [1.807, 2.05) is 109 Å². The lowest BCUT2D eigenvalue weighted by Crippen LogP contribution is -2.49. The summed E-state index contributed by atoms with van der Waals surface area (Å²) in [4.78, 5) is 51.0. The van der Waals surface area contributed by atoms with Gasteiger partial charge in [-0.25, -0.2) is 4.98 Å². The van der Waals surface area contributed by atoms with Crippen molar-refractivity contribution in [3.63, 3.8) is 0 Å². The molecule has 15 nitrogen and oxygen atoms in total. The molecule has 0 spiro atoms. The summed E-state index contributed by atoms with van der Waals surface area (Å²) in [5.41, 5.74) is 0.649. The second kappa shape index (κ2) is 20.6. The molecule has 5 heterocycles. The number of hydrogen-bond donors (Lipinski definition) is 2. The minimum atomic E-state index is -1.28. The van der Waals surface area contributed by atoms with Gasteiger partial charge in [-0.05, 0) is 53.8 Å². The molecule has 3 fully saturated rings. The van der Waals surface area contributed by atoms with Crippen LogP contribution < -0.4 is 20.3 Å². The van der Waals surface area contributed by atoms with Crippen molar-refractivity contribution in [2.24, 2.45) is 5.92 Å². The molecular formula is C49H53N6O9PS2. The number of nitrogens with zero attached hydrogens (tertiary/aromatic N) is 4. The number of H-pyrrole nitrogens is 1. The minimum absolute atomic E-state index is 0.00271. The fourth-order valence-electron chi connectivity index (χ4n) is 8.66. The number of amides is 1. The lowest BCUT2D eigenvalue weighted by atomic mass is 9.79. The van der Waals surface area contributed by atoms with E-state index in [0.717, 1.165) is 42.6 Å². The van der Waals surface area contributed by atoms with Crippen molar-refractivity contribution in [1.29, 1.82) is 0 Å². The van der Waals surface area contributed by atoms with Gasteiger partial charge in [0.2, 0.25) is 17.0 Å². The number of rotatable bonds is 19. The number of benzene rings is 4. The Morgan fingerprint density at radius 3 is 2.15 bits per heavy atom. The quantitative estimate of drug-likeness (QED) is 0.0451. The molecule has 2 unspecified atom stereocenters. The molecule has 67 heavy (non-hydrogen) atoms. The molecule has 0 radical (unpaired) electrons. The van der Waals surface area contributed by atoms with Crippen LogP contribution in [0, 0.1) is 5.92 Å². The fourth-order valence-corrected chi connectivity index (χ4v) is 14.0. The van der Waals surface area contributed by atoms with Crippen molar-refractivity contribution in [3.8, 4) is 11.5 Å². The lowest BCUT2D eigenvalue weighted by molar-refractivity contribution is -0.201. The predicted molar refractivity (Wildman–Crippen MR) is 261 cm³/mol. The van der Waals surface area contributed by atoms with Crippen LogP contribution in [0.1, 0.15) is 60.0 Å². The van der Waals surface area contributed by atoms with Gasteiger partial charge >= 0.3 is 0 Å². The summed E-state index contributed by atoms with van der Waals surface area (Å²) in [6.07, 6.45) is 1.39.